The second-order valence-corrected chi connectivity index (χ2v) is 4.18. The van der Waals surface area contributed by atoms with Crippen LogP contribution in [0.15, 0.2) is 12.3 Å². The Bertz CT molecular complexity index is 360. The van der Waals surface area contributed by atoms with E-state index in [0.29, 0.717) is 13.2 Å². The molecule has 0 aliphatic heterocycles. The van der Waals surface area contributed by atoms with Crippen molar-refractivity contribution in [3.8, 4) is 0 Å². The summed E-state index contributed by atoms with van der Waals surface area (Å²) in [5, 5.41) is 3.20. The number of hydrogen-bond donors (Lipinski definition) is 1. The van der Waals surface area contributed by atoms with Gasteiger partial charge in [-0.3, -0.25) is 0 Å². The molecule has 1 aromatic heterocycles. The van der Waals surface area contributed by atoms with Crippen LogP contribution in [0.4, 0.5) is 10.2 Å². The van der Waals surface area contributed by atoms with Gasteiger partial charge >= 0.3 is 0 Å². The van der Waals surface area contributed by atoms with Gasteiger partial charge in [0.2, 0.25) is 0 Å². The largest absolute Gasteiger partial charge is 0.385 e. The van der Waals surface area contributed by atoms with Crippen molar-refractivity contribution in [3.63, 3.8) is 0 Å². The predicted octanol–water partition coefficient (Wildman–Crippen LogP) is 1.80. The highest BCUT2D eigenvalue weighted by Gasteiger charge is 2.10. The molecule has 0 aliphatic carbocycles. The van der Waals surface area contributed by atoms with E-state index >= 15 is 0 Å². The van der Waals surface area contributed by atoms with Gasteiger partial charge in [0.25, 0.3) is 0 Å². The van der Waals surface area contributed by atoms with E-state index in [1.54, 1.807) is 7.11 Å². The fourth-order valence-corrected chi connectivity index (χ4v) is 1.76. The highest BCUT2D eigenvalue weighted by Crippen LogP contribution is 2.17. The number of halogens is 1. The molecular formula is C13H22FN3O. The van der Waals surface area contributed by atoms with E-state index < -0.39 is 0 Å². The lowest BCUT2D eigenvalue weighted by molar-refractivity contribution is 0.196. The summed E-state index contributed by atoms with van der Waals surface area (Å²) in [6.07, 6.45) is 2.18. The van der Waals surface area contributed by atoms with Crippen LogP contribution < -0.4 is 10.2 Å². The van der Waals surface area contributed by atoms with Crippen LogP contribution in [0.25, 0.3) is 0 Å². The third-order valence-electron chi connectivity index (χ3n) is 2.68. The smallest absolute Gasteiger partial charge is 0.141 e. The fourth-order valence-electron chi connectivity index (χ4n) is 1.76. The summed E-state index contributed by atoms with van der Waals surface area (Å²) in [7, 11) is 3.65. The van der Waals surface area contributed by atoms with Crippen molar-refractivity contribution in [1.82, 2.24) is 10.3 Å². The molecular weight excluding hydrogens is 233 g/mol. The van der Waals surface area contributed by atoms with Crippen LogP contribution in [0.3, 0.4) is 0 Å². The number of aromatic nitrogens is 1. The Morgan fingerprint density at radius 3 is 2.94 bits per heavy atom. The normalized spacial score (nSPS) is 10.7. The average Bonchev–Trinajstić information content (AvgIpc) is 2.36. The molecule has 0 atom stereocenters. The summed E-state index contributed by atoms with van der Waals surface area (Å²) in [6, 6.07) is 1.54. The maximum Gasteiger partial charge on any atom is 0.141 e. The zero-order chi connectivity index (χ0) is 13.4. The number of hydrogen-bond acceptors (Lipinski definition) is 4. The number of rotatable bonds is 8. The van der Waals surface area contributed by atoms with Gasteiger partial charge in [0.1, 0.15) is 11.6 Å². The monoisotopic (exact) mass is 255 g/mol. The Morgan fingerprint density at radius 2 is 2.28 bits per heavy atom. The van der Waals surface area contributed by atoms with Gasteiger partial charge in [-0.1, -0.05) is 6.92 Å². The van der Waals surface area contributed by atoms with E-state index in [2.05, 4.69) is 10.3 Å². The van der Waals surface area contributed by atoms with Gasteiger partial charge in [-0.25, -0.2) is 9.37 Å². The SMILES string of the molecule is CCNCc1cc(F)cnc1N(C)CCCOC. The van der Waals surface area contributed by atoms with E-state index in [1.165, 1.54) is 12.3 Å². The van der Waals surface area contributed by atoms with Gasteiger partial charge in [-0.2, -0.15) is 0 Å². The Kier molecular flexibility index (Phi) is 6.60. The summed E-state index contributed by atoms with van der Waals surface area (Å²) >= 11 is 0. The lowest BCUT2D eigenvalue weighted by Gasteiger charge is -2.21. The van der Waals surface area contributed by atoms with E-state index in [1.807, 2.05) is 18.9 Å². The molecule has 102 valence electrons. The molecule has 0 aliphatic rings. The van der Waals surface area contributed by atoms with Gasteiger partial charge in [0.15, 0.2) is 0 Å². The van der Waals surface area contributed by atoms with Crippen LogP contribution >= 0.6 is 0 Å². The van der Waals surface area contributed by atoms with Gasteiger partial charge in [0, 0.05) is 39.4 Å². The number of nitrogens with one attached hydrogen (secondary N) is 1. The van der Waals surface area contributed by atoms with Crippen LogP contribution in [0.5, 0.6) is 0 Å². The molecule has 0 saturated carbocycles. The van der Waals surface area contributed by atoms with Crippen LogP contribution in [-0.2, 0) is 11.3 Å². The zero-order valence-electron chi connectivity index (χ0n) is 11.4. The molecule has 5 heteroatoms. The molecule has 0 amide bonds. The maximum absolute atomic E-state index is 13.2. The predicted molar refractivity (Wildman–Crippen MR) is 71.3 cm³/mol. The lowest BCUT2D eigenvalue weighted by atomic mass is 10.2. The first-order valence-corrected chi connectivity index (χ1v) is 6.24. The third kappa shape index (κ3) is 4.58. The van der Waals surface area contributed by atoms with Crippen LogP contribution in [-0.4, -0.2) is 38.8 Å². The lowest BCUT2D eigenvalue weighted by Crippen LogP contribution is -2.24. The van der Waals surface area contributed by atoms with Crippen molar-refractivity contribution in [3.05, 3.63) is 23.6 Å². The summed E-state index contributed by atoms with van der Waals surface area (Å²) < 4.78 is 18.2. The van der Waals surface area contributed by atoms with Crippen molar-refractivity contribution in [2.45, 2.75) is 19.9 Å². The molecule has 1 N–H and O–H groups in total. The topological polar surface area (TPSA) is 37.4 Å². The van der Waals surface area contributed by atoms with Crippen molar-refractivity contribution in [1.29, 1.82) is 0 Å². The Balaban J connectivity index is 2.72. The molecule has 18 heavy (non-hydrogen) atoms. The average molecular weight is 255 g/mol. The summed E-state index contributed by atoms with van der Waals surface area (Å²) in [5.41, 5.74) is 0.886. The van der Waals surface area contributed by atoms with Crippen molar-refractivity contribution in [2.24, 2.45) is 0 Å². The van der Waals surface area contributed by atoms with E-state index in [9.17, 15) is 4.39 Å². The second kappa shape index (κ2) is 8.00. The first-order chi connectivity index (χ1) is 8.69. The number of nitrogens with zero attached hydrogens (tertiary/aromatic N) is 2. The highest BCUT2D eigenvalue weighted by atomic mass is 19.1. The summed E-state index contributed by atoms with van der Waals surface area (Å²) in [5.74, 6) is 0.533. The molecule has 0 radical (unpaired) electrons. The van der Waals surface area contributed by atoms with Gasteiger partial charge in [-0.15, -0.1) is 0 Å². The highest BCUT2D eigenvalue weighted by molar-refractivity contribution is 5.46. The molecule has 1 heterocycles. The zero-order valence-corrected chi connectivity index (χ0v) is 11.4. The van der Waals surface area contributed by atoms with Crippen molar-refractivity contribution < 1.29 is 9.13 Å². The molecule has 0 saturated heterocycles. The van der Waals surface area contributed by atoms with Gasteiger partial charge in [-0.05, 0) is 19.0 Å². The maximum atomic E-state index is 13.2. The quantitative estimate of drug-likeness (QED) is 0.719. The molecule has 1 aromatic rings. The van der Waals surface area contributed by atoms with E-state index in [4.69, 9.17) is 4.74 Å². The number of ether oxygens (including phenoxy) is 1. The standard InChI is InChI=1S/C13H22FN3O/c1-4-15-9-11-8-12(14)10-16-13(11)17(2)6-5-7-18-3/h8,10,15H,4-7,9H2,1-3H3. The minimum atomic E-state index is -0.294. The van der Waals surface area contributed by atoms with Crippen LogP contribution in [0, 0.1) is 5.82 Å². The molecule has 4 nitrogen and oxygen atoms in total. The van der Waals surface area contributed by atoms with E-state index in [-0.39, 0.29) is 5.82 Å². The van der Waals surface area contributed by atoms with Crippen LogP contribution in [0.2, 0.25) is 0 Å². The van der Waals surface area contributed by atoms with E-state index in [0.717, 1.165) is 30.9 Å². The fraction of sp³-hybridized carbons (Fsp3) is 0.615. The summed E-state index contributed by atoms with van der Waals surface area (Å²) in [4.78, 5) is 6.21. The van der Waals surface area contributed by atoms with Gasteiger partial charge < -0.3 is 15.0 Å². The van der Waals surface area contributed by atoms with Crippen molar-refractivity contribution in [2.75, 3.05) is 38.8 Å². The molecule has 0 unspecified atom stereocenters. The second-order valence-electron chi connectivity index (χ2n) is 4.18. The minimum absolute atomic E-state index is 0.294. The number of pyridine rings is 1. The van der Waals surface area contributed by atoms with Crippen LogP contribution in [0.1, 0.15) is 18.9 Å². The first-order valence-electron chi connectivity index (χ1n) is 6.24. The minimum Gasteiger partial charge on any atom is -0.385 e. The molecule has 1 rings (SSSR count). The number of anilines is 1. The first kappa shape index (κ1) is 14.9. The van der Waals surface area contributed by atoms with Crippen molar-refractivity contribution >= 4 is 5.82 Å². The summed E-state index contributed by atoms with van der Waals surface area (Å²) in [6.45, 7) is 5.06. The molecule has 0 aromatic carbocycles. The Morgan fingerprint density at radius 1 is 1.50 bits per heavy atom. The Labute approximate surface area is 108 Å². The number of methoxy groups -OCH3 is 1. The third-order valence-corrected chi connectivity index (χ3v) is 2.68. The Hall–Kier alpha value is -1.20. The molecule has 0 fully saturated rings. The molecule has 0 bridgehead atoms. The molecule has 0 spiro atoms. The van der Waals surface area contributed by atoms with Gasteiger partial charge in [0.05, 0.1) is 6.20 Å².